The first kappa shape index (κ1) is 18.5. The first-order valence-corrected chi connectivity index (χ1v) is 8.88. The van der Waals surface area contributed by atoms with Gasteiger partial charge in [0.25, 0.3) is 5.56 Å². The maximum absolute atomic E-state index is 13.2. The summed E-state index contributed by atoms with van der Waals surface area (Å²) in [4.78, 5) is 34.4. The van der Waals surface area contributed by atoms with E-state index < -0.39 is 11.2 Å². The van der Waals surface area contributed by atoms with Crippen molar-refractivity contribution in [1.29, 1.82) is 0 Å². The summed E-state index contributed by atoms with van der Waals surface area (Å²) in [6.45, 7) is 0.192. The van der Waals surface area contributed by atoms with Crippen LogP contribution in [0.15, 0.2) is 70.5 Å². The molecule has 0 spiro atoms. The van der Waals surface area contributed by atoms with Crippen molar-refractivity contribution < 1.29 is 9.13 Å². The summed E-state index contributed by atoms with van der Waals surface area (Å²) in [5.41, 5.74) is 0.685. The van der Waals surface area contributed by atoms with Crippen molar-refractivity contribution in [2.24, 2.45) is 0 Å². The number of ether oxygens (including phenoxy) is 1. The molecule has 0 radical (unpaired) electrons. The van der Waals surface area contributed by atoms with Gasteiger partial charge in [0.05, 0.1) is 20.2 Å². The van der Waals surface area contributed by atoms with Crippen LogP contribution in [0.25, 0.3) is 11.2 Å². The highest BCUT2D eigenvalue weighted by Gasteiger charge is 2.16. The third-order valence-corrected chi connectivity index (χ3v) is 4.57. The standard InChI is InChI=1S/C21H17FN4O3/c1-29-17-4-2-3-15(11-17)13-25-19-18(23-9-10-24-19)20(27)26(21(25)28)12-14-5-7-16(22)8-6-14/h2-11H,12-13H2,1H3. The molecule has 2 aromatic heterocycles. The van der Waals surface area contributed by atoms with Crippen LogP contribution in [0.5, 0.6) is 5.75 Å². The fourth-order valence-corrected chi connectivity index (χ4v) is 3.14. The monoisotopic (exact) mass is 392 g/mol. The maximum atomic E-state index is 13.2. The molecular weight excluding hydrogens is 375 g/mol. The number of hydrogen-bond donors (Lipinski definition) is 0. The quantitative estimate of drug-likeness (QED) is 0.520. The molecule has 0 saturated carbocycles. The molecule has 0 unspecified atom stereocenters. The average Bonchev–Trinajstić information content (AvgIpc) is 2.75. The maximum Gasteiger partial charge on any atom is 0.333 e. The lowest BCUT2D eigenvalue weighted by atomic mass is 10.2. The number of halogens is 1. The van der Waals surface area contributed by atoms with Gasteiger partial charge in [-0.05, 0) is 35.4 Å². The molecule has 4 rings (SSSR count). The summed E-state index contributed by atoms with van der Waals surface area (Å²) < 4.78 is 20.9. The van der Waals surface area contributed by atoms with E-state index in [-0.39, 0.29) is 30.1 Å². The summed E-state index contributed by atoms with van der Waals surface area (Å²) in [5.74, 6) is 0.270. The van der Waals surface area contributed by atoms with Crippen LogP contribution in [0, 0.1) is 5.82 Å². The van der Waals surface area contributed by atoms with E-state index in [4.69, 9.17) is 4.74 Å². The van der Waals surface area contributed by atoms with Gasteiger partial charge in [0.15, 0.2) is 11.2 Å². The molecule has 0 N–H and O–H groups in total. The summed E-state index contributed by atoms with van der Waals surface area (Å²) in [6, 6.07) is 12.9. The molecule has 0 saturated heterocycles. The van der Waals surface area contributed by atoms with Gasteiger partial charge in [-0.25, -0.2) is 19.2 Å². The minimum Gasteiger partial charge on any atom is -0.497 e. The van der Waals surface area contributed by atoms with Gasteiger partial charge in [-0.15, -0.1) is 0 Å². The van der Waals surface area contributed by atoms with Gasteiger partial charge in [0, 0.05) is 12.4 Å². The van der Waals surface area contributed by atoms with E-state index in [0.717, 1.165) is 10.1 Å². The molecule has 2 heterocycles. The van der Waals surface area contributed by atoms with Gasteiger partial charge in [-0.1, -0.05) is 24.3 Å². The van der Waals surface area contributed by atoms with Crippen LogP contribution in [-0.4, -0.2) is 26.2 Å². The number of hydrogen-bond acceptors (Lipinski definition) is 5. The predicted octanol–water partition coefficient (Wildman–Crippen LogP) is 2.20. The minimum absolute atomic E-state index is 0.00255. The molecule has 4 aromatic rings. The number of methoxy groups -OCH3 is 1. The van der Waals surface area contributed by atoms with Crippen molar-refractivity contribution in [2.75, 3.05) is 7.11 Å². The SMILES string of the molecule is COc1cccc(Cn2c(=O)n(Cc3ccc(F)cc3)c(=O)c3nccnc32)c1. The second kappa shape index (κ2) is 7.67. The van der Waals surface area contributed by atoms with Crippen molar-refractivity contribution in [2.45, 2.75) is 13.1 Å². The summed E-state index contributed by atoms with van der Waals surface area (Å²) >= 11 is 0. The summed E-state index contributed by atoms with van der Waals surface area (Å²) in [6.07, 6.45) is 2.85. The van der Waals surface area contributed by atoms with Crippen molar-refractivity contribution in [3.8, 4) is 5.75 Å². The normalized spacial score (nSPS) is 11.0. The molecule has 8 heteroatoms. The highest BCUT2D eigenvalue weighted by molar-refractivity contribution is 5.68. The molecule has 0 bridgehead atoms. The van der Waals surface area contributed by atoms with Gasteiger partial charge < -0.3 is 4.74 Å². The lowest BCUT2D eigenvalue weighted by Gasteiger charge is -2.13. The van der Waals surface area contributed by atoms with Crippen LogP contribution >= 0.6 is 0 Å². The average molecular weight is 392 g/mol. The zero-order valence-electron chi connectivity index (χ0n) is 15.6. The first-order valence-electron chi connectivity index (χ1n) is 8.88. The van der Waals surface area contributed by atoms with Crippen molar-refractivity contribution in [1.82, 2.24) is 19.1 Å². The Morgan fingerprint density at radius 3 is 2.41 bits per heavy atom. The van der Waals surface area contributed by atoms with Crippen LogP contribution < -0.4 is 16.0 Å². The predicted molar refractivity (Wildman–Crippen MR) is 106 cm³/mol. The summed E-state index contributed by atoms with van der Waals surface area (Å²) in [5, 5.41) is 0. The molecular formula is C21H17FN4O3. The molecule has 0 aliphatic heterocycles. The number of fused-ring (bicyclic) bond motifs is 1. The molecule has 7 nitrogen and oxygen atoms in total. The van der Waals surface area contributed by atoms with Crippen molar-refractivity contribution >= 4 is 11.2 Å². The number of benzene rings is 2. The fraction of sp³-hybridized carbons (Fsp3) is 0.143. The Morgan fingerprint density at radius 1 is 0.931 bits per heavy atom. The molecule has 146 valence electrons. The Labute approximate surface area is 164 Å². The molecule has 29 heavy (non-hydrogen) atoms. The van der Waals surface area contributed by atoms with Gasteiger partial charge in [0.1, 0.15) is 11.6 Å². The zero-order valence-corrected chi connectivity index (χ0v) is 15.6. The van der Waals surface area contributed by atoms with E-state index in [2.05, 4.69) is 9.97 Å². The molecule has 2 aromatic carbocycles. The third kappa shape index (κ3) is 3.64. The molecule has 0 atom stereocenters. The minimum atomic E-state index is -0.538. The number of aromatic nitrogens is 4. The largest absolute Gasteiger partial charge is 0.497 e. The Bertz CT molecular complexity index is 1300. The van der Waals surface area contributed by atoms with Gasteiger partial charge in [-0.3, -0.25) is 13.9 Å². The number of rotatable bonds is 5. The Hall–Kier alpha value is -3.81. The Kier molecular flexibility index (Phi) is 4.90. The molecule has 0 aliphatic carbocycles. The topological polar surface area (TPSA) is 79.0 Å². The fourth-order valence-electron chi connectivity index (χ4n) is 3.14. The van der Waals surface area contributed by atoms with Gasteiger partial charge in [0.2, 0.25) is 0 Å². The van der Waals surface area contributed by atoms with Gasteiger partial charge >= 0.3 is 5.69 Å². The highest BCUT2D eigenvalue weighted by atomic mass is 19.1. The van der Waals surface area contributed by atoms with E-state index in [1.165, 1.54) is 41.2 Å². The van der Waals surface area contributed by atoms with E-state index in [1.807, 2.05) is 18.2 Å². The van der Waals surface area contributed by atoms with Crippen LogP contribution in [0.4, 0.5) is 4.39 Å². The van der Waals surface area contributed by atoms with Gasteiger partial charge in [-0.2, -0.15) is 0 Å². The molecule has 0 fully saturated rings. The van der Waals surface area contributed by atoms with E-state index >= 15 is 0 Å². The van der Waals surface area contributed by atoms with Crippen molar-refractivity contribution in [3.05, 3.63) is 98.7 Å². The van der Waals surface area contributed by atoms with Crippen LogP contribution in [-0.2, 0) is 13.1 Å². The second-order valence-corrected chi connectivity index (χ2v) is 6.47. The molecule has 0 aliphatic rings. The Morgan fingerprint density at radius 2 is 1.66 bits per heavy atom. The molecule has 0 amide bonds. The van der Waals surface area contributed by atoms with Crippen LogP contribution in [0.2, 0.25) is 0 Å². The second-order valence-electron chi connectivity index (χ2n) is 6.47. The lowest BCUT2D eigenvalue weighted by molar-refractivity contribution is 0.414. The smallest absolute Gasteiger partial charge is 0.333 e. The lowest BCUT2D eigenvalue weighted by Crippen LogP contribution is -2.41. The zero-order chi connectivity index (χ0) is 20.4. The van der Waals surface area contributed by atoms with E-state index in [1.54, 1.807) is 13.2 Å². The summed E-state index contributed by atoms with van der Waals surface area (Å²) in [7, 11) is 1.56. The first-order chi connectivity index (χ1) is 14.1. The van der Waals surface area contributed by atoms with E-state index in [0.29, 0.717) is 11.3 Å². The van der Waals surface area contributed by atoms with Crippen molar-refractivity contribution in [3.63, 3.8) is 0 Å². The van der Waals surface area contributed by atoms with E-state index in [9.17, 15) is 14.0 Å². The highest BCUT2D eigenvalue weighted by Crippen LogP contribution is 2.14. The van der Waals surface area contributed by atoms with Crippen LogP contribution in [0.3, 0.4) is 0 Å². The Balaban J connectivity index is 1.87. The third-order valence-electron chi connectivity index (χ3n) is 4.57. The number of nitrogens with zero attached hydrogens (tertiary/aromatic N) is 4. The van der Waals surface area contributed by atoms with Crippen LogP contribution in [0.1, 0.15) is 11.1 Å².